The first-order valence-electron chi connectivity index (χ1n) is 8.35. The summed E-state index contributed by atoms with van der Waals surface area (Å²) in [6.45, 7) is 4.38. The molecule has 0 fully saturated rings. The number of nitrogens with one attached hydrogen (secondary N) is 1. The zero-order chi connectivity index (χ0) is 17.2. The molecule has 1 unspecified atom stereocenters. The molecule has 126 valence electrons. The fraction of sp³-hybridized carbons (Fsp3) is 0.350. The van der Waals surface area contributed by atoms with Gasteiger partial charge in [0.25, 0.3) is 0 Å². The van der Waals surface area contributed by atoms with Gasteiger partial charge in [-0.25, -0.2) is 4.99 Å². The fourth-order valence-corrected chi connectivity index (χ4v) is 4.53. The Bertz CT molecular complexity index is 656. The molecule has 2 aromatic carbocycles. The maximum absolute atomic E-state index is 5.24. The summed E-state index contributed by atoms with van der Waals surface area (Å²) in [7, 11) is 4.12. The summed E-state index contributed by atoms with van der Waals surface area (Å²) in [5, 5.41) is 4.94. The third-order valence-electron chi connectivity index (χ3n) is 4.17. The first kappa shape index (κ1) is 17.1. The van der Waals surface area contributed by atoms with E-state index < -0.39 is 5.54 Å². The zero-order valence-electron chi connectivity index (χ0n) is 14.7. The molecular formula is C20H25N3S. The molecule has 0 radical (unpaired) electrons. The van der Waals surface area contributed by atoms with Gasteiger partial charge in [0.05, 0.1) is 5.37 Å². The third-order valence-corrected chi connectivity index (χ3v) is 5.55. The van der Waals surface area contributed by atoms with Gasteiger partial charge in [-0.05, 0) is 25.0 Å². The highest BCUT2D eigenvalue weighted by atomic mass is 32.2. The van der Waals surface area contributed by atoms with Crippen molar-refractivity contribution in [3.8, 4) is 0 Å². The Morgan fingerprint density at radius 3 is 1.88 bits per heavy atom. The molecule has 0 bridgehead atoms. The van der Waals surface area contributed by atoms with E-state index in [1.807, 2.05) is 11.8 Å². The minimum Gasteiger partial charge on any atom is -0.358 e. The molecule has 0 aromatic heterocycles. The Kier molecular flexibility index (Phi) is 4.97. The van der Waals surface area contributed by atoms with Crippen LogP contribution in [0.25, 0.3) is 0 Å². The molecule has 0 amide bonds. The molecular weight excluding hydrogens is 314 g/mol. The quantitative estimate of drug-likeness (QED) is 0.915. The number of hydrogen-bond acceptors (Lipinski definition) is 4. The van der Waals surface area contributed by atoms with Gasteiger partial charge in [-0.1, -0.05) is 72.4 Å². The molecule has 24 heavy (non-hydrogen) atoms. The predicted octanol–water partition coefficient (Wildman–Crippen LogP) is 3.92. The monoisotopic (exact) mass is 339 g/mol. The number of thioether (sulfide) groups is 1. The van der Waals surface area contributed by atoms with Gasteiger partial charge in [0.1, 0.15) is 5.54 Å². The summed E-state index contributed by atoms with van der Waals surface area (Å²) >= 11 is 1.81. The van der Waals surface area contributed by atoms with Crippen molar-refractivity contribution in [3.63, 3.8) is 0 Å². The van der Waals surface area contributed by atoms with Gasteiger partial charge in [-0.15, -0.1) is 0 Å². The van der Waals surface area contributed by atoms with Crippen molar-refractivity contribution in [2.45, 2.75) is 30.8 Å². The Hall–Kier alpha value is -1.78. The van der Waals surface area contributed by atoms with E-state index in [4.69, 9.17) is 4.99 Å². The highest BCUT2D eigenvalue weighted by Gasteiger charge is 2.48. The van der Waals surface area contributed by atoms with Crippen LogP contribution in [0.3, 0.4) is 0 Å². The lowest BCUT2D eigenvalue weighted by Gasteiger charge is -2.35. The third kappa shape index (κ3) is 3.08. The maximum Gasteiger partial charge on any atom is 0.161 e. The minimum absolute atomic E-state index is 0.153. The maximum atomic E-state index is 5.24. The summed E-state index contributed by atoms with van der Waals surface area (Å²) in [6, 6.07) is 21.6. The lowest BCUT2D eigenvalue weighted by atomic mass is 9.82. The van der Waals surface area contributed by atoms with Gasteiger partial charge in [-0.2, -0.15) is 0 Å². The second kappa shape index (κ2) is 6.99. The molecule has 0 saturated heterocycles. The zero-order valence-corrected chi connectivity index (χ0v) is 15.5. The molecule has 3 rings (SSSR count). The lowest BCUT2D eigenvalue weighted by molar-refractivity contribution is 0.426. The van der Waals surface area contributed by atoms with Crippen LogP contribution in [-0.2, 0) is 5.54 Å². The van der Waals surface area contributed by atoms with E-state index in [0.29, 0.717) is 6.04 Å². The molecule has 4 heteroatoms. The normalized spacial score (nSPS) is 19.4. The van der Waals surface area contributed by atoms with Crippen LogP contribution >= 0.6 is 11.8 Å². The van der Waals surface area contributed by atoms with Crippen LogP contribution in [0.2, 0.25) is 0 Å². The first-order chi connectivity index (χ1) is 11.5. The van der Waals surface area contributed by atoms with Gasteiger partial charge < -0.3 is 10.2 Å². The van der Waals surface area contributed by atoms with Gasteiger partial charge in [0.15, 0.2) is 5.17 Å². The summed E-state index contributed by atoms with van der Waals surface area (Å²) in [5.41, 5.74) is 2.02. The van der Waals surface area contributed by atoms with Gasteiger partial charge >= 0.3 is 0 Å². The highest BCUT2D eigenvalue weighted by molar-refractivity contribution is 8.14. The Balaban J connectivity index is 2.21. The van der Waals surface area contributed by atoms with Crippen LogP contribution < -0.4 is 5.32 Å². The topological polar surface area (TPSA) is 27.6 Å². The lowest BCUT2D eigenvalue weighted by Crippen LogP contribution is -2.46. The number of rotatable bonds is 4. The Labute approximate surface area is 149 Å². The average molecular weight is 340 g/mol. The fourth-order valence-electron chi connectivity index (χ4n) is 3.07. The van der Waals surface area contributed by atoms with Gasteiger partial charge in [0.2, 0.25) is 0 Å². The molecule has 1 heterocycles. The summed E-state index contributed by atoms with van der Waals surface area (Å²) < 4.78 is 0. The average Bonchev–Trinajstić information content (AvgIpc) is 2.96. The summed E-state index contributed by atoms with van der Waals surface area (Å²) in [5.74, 6) is 0. The molecule has 0 aliphatic carbocycles. The van der Waals surface area contributed by atoms with Crippen LogP contribution in [0.15, 0.2) is 65.7 Å². The predicted molar refractivity (Wildman–Crippen MR) is 104 cm³/mol. The molecule has 0 spiro atoms. The van der Waals surface area contributed by atoms with E-state index >= 15 is 0 Å². The van der Waals surface area contributed by atoms with Gasteiger partial charge in [0, 0.05) is 20.1 Å². The Morgan fingerprint density at radius 2 is 1.46 bits per heavy atom. The number of aliphatic imine (C=N–C) groups is 1. The van der Waals surface area contributed by atoms with Gasteiger partial charge in [-0.3, -0.25) is 0 Å². The molecule has 1 atom stereocenters. The van der Waals surface area contributed by atoms with Crippen molar-refractivity contribution >= 4 is 16.9 Å². The molecule has 3 nitrogen and oxygen atoms in total. The van der Waals surface area contributed by atoms with Crippen molar-refractivity contribution in [2.24, 2.45) is 4.99 Å². The van der Waals surface area contributed by atoms with Crippen molar-refractivity contribution < 1.29 is 0 Å². The minimum atomic E-state index is -0.420. The molecule has 1 aliphatic heterocycles. The SMILES string of the molecule is CC(C)NC1SC(N(C)C)=NC1(c1ccccc1)c1ccccc1. The molecule has 1 aliphatic rings. The van der Waals surface area contributed by atoms with E-state index in [0.717, 1.165) is 5.17 Å². The van der Waals surface area contributed by atoms with Crippen molar-refractivity contribution in [2.75, 3.05) is 14.1 Å². The van der Waals surface area contributed by atoms with Crippen molar-refractivity contribution in [1.29, 1.82) is 0 Å². The van der Waals surface area contributed by atoms with Crippen molar-refractivity contribution in [1.82, 2.24) is 10.2 Å². The molecule has 2 aromatic rings. The Morgan fingerprint density at radius 1 is 0.958 bits per heavy atom. The van der Waals surface area contributed by atoms with Crippen LogP contribution in [-0.4, -0.2) is 35.6 Å². The van der Waals surface area contributed by atoms with Crippen LogP contribution in [0, 0.1) is 0 Å². The number of nitrogens with zero attached hydrogens (tertiary/aromatic N) is 2. The first-order valence-corrected chi connectivity index (χ1v) is 9.23. The van der Waals surface area contributed by atoms with E-state index in [2.05, 4.69) is 98.8 Å². The molecule has 1 N–H and O–H groups in total. The van der Waals surface area contributed by atoms with E-state index in [1.54, 1.807) is 0 Å². The standard InChI is InChI=1S/C20H25N3S/c1-15(2)21-18-20(16-11-7-5-8-12-16,17-13-9-6-10-14-17)22-19(24-18)23(3)4/h5-15,18,21H,1-4H3. The summed E-state index contributed by atoms with van der Waals surface area (Å²) in [6.07, 6.45) is 0. The number of benzene rings is 2. The smallest absolute Gasteiger partial charge is 0.161 e. The largest absolute Gasteiger partial charge is 0.358 e. The number of amidine groups is 1. The van der Waals surface area contributed by atoms with Crippen LogP contribution in [0.5, 0.6) is 0 Å². The van der Waals surface area contributed by atoms with Crippen molar-refractivity contribution in [3.05, 3.63) is 71.8 Å². The van der Waals surface area contributed by atoms with Crippen LogP contribution in [0.4, 0.5) is 0 Å². The summed E-state index contributed by atoms with van der Waals surface area (Å²) in [4.78, 5) is 7.34. The van der Waals surface area contributed by atoms with Crippen LogP contribution in [0.1, 0.15) is 25.0 Å². The second-order valence-electron chi connectivity index (χ2n) is 6.61. The van der Waals surface area contributed by atoms with E-state index in [-0.39, 0.29) is 5.37 Å². The van der Waals surface area contributed by atoms with E-state index in [9.17, 15) is 0 Å². The van der Waals surface area contributed by atoms with E-state index in [1.165, 1.54) is 11.1 Å². The molecule has 0 saturated carbocycles. The highest BCUT2D eigenvalue weighted by Crippen LogP contribution is 2.47. The second-order valence-corrected chi connectivity index (χ2v) is 7.68. The number of hydrogen-bond donors (Lipinski definition) is 1.